The first kappa shape index (κ1) is 12.3. The van der Waals surface area contributed by atoms with Crippen molar-refractivity contribution in [2.24, 2.45) is 5.73 Å². The molecule has 2 nitrogen and oxygen atoms in total. The molecule has 0 saturated heterocycles. The SMILES string of the molecule is CC(N)(C(=O)c1sccc1Cl)c1ccccc1. The lowest BCUT2D eigenvalue weighted by atomic mass is 9.88. The Hall–Kier alpha value is -1.16. The van der Waals surface area contributed by atoms with Crippen LogP contribution in [0.25, 0.3) is 0 Å². The number of halogens is 1. The lowest BCUT2D eigenvalue weighted by Gasteiger charge is -2.23. The number of carbonyl (C=O) groups is 1. The molecule has 0 saturated carbocycles. The molecule has 2 rings (SSSR count). The van der Waals surface area contributed by atoms with Crippen molar-refractivity contribution in [1.82, 2.24) is 0 Å². The molecular formula is C13H12ClNOS. The van der Waals surface area contributed by atoms with Crippen molar-refractivity contribution in [3.05, 3.63) is 57.2 Å². The number of ketones is 1. The Morgan fingerprint density at radius 3 is 2.47 bits per heavy atom. The second-order valence-corrected chi connectivity index (χ2v) is 5.32. The third kappa shape index (κ3) is 2.27. The molecule has 0 radical (unpaired) electrons. The summed E-state index contributed by atoms with van der Waals surface area (Å²) in [4.78, 5) is 12.9. The number of benzene rings is 1. The van der Waals surface area contributed by atoms with Crippen LogP contribution in [0.5, 0.6) is 0 Å². The second-order valence-electron chi connectivity index (χ2n) is 4.00. The lowest BCUT2D eigenvalue weighted by molar-refractivity contribution is 0.0904. The predicted octanol–water partition coefficient (Wildman–Crippen LogP) is 3.46. The van der Waals surface area contributed by atoms with Crippen LogP contribution in [0.4, 0.5) is 0 Å². The van der Waals surface area contributed by atoms with Crippen molar-refractivity contribution in [2.45, 2.75) is 12.5 Å². The maximum atomic E-state index is 12.3. The van der Waals surface area contributed by atoms with E-state index in [9.17, 15) is 4.79 Å². The molecule has 2 N–H and O–H groups in total. The standard InChI is InChI=1S/C13H12ClNOS/c1-13(15,9-5-3-2-4-6-9)12(16)11-10(14)7-8-17-11/h2-8H,15H2,1H3. The molecule has 0 amide bonds. The van der Waals surface area contributed by atoms with Gasteiger partial charge in [-0.25, -0.2) is 0 Å². The zero-order valence-corrected chi connectivity index (χ0v) is 10.9. The molecular weight excluding hydrogens is 254 g/mol. The van der Waals surface area contributed by atoms with E-state index in [1.54, 1.807) is 18.4 Å². The van der Waals surface area contributed by atoms with Crippen molar-refractivity contribution in [2.75, 3.05) is 0 Å². The van der Waals surface area contributed by atoms with E-state index in [1.807, 2.05) is 30.3 Å². The Labute approximate surface area is 109 Å². The van der Waals surface area contributed by atoms with Gasteiger partial charge < -0.3 is 5.73 Å². The highest BCUT2D eigenvalue weighted by atomic mass is 35.5. The third-order valence-electron chi connectivity index (χ3n) is 2.67. The normalized spacial score (nSPS) is 14.3. The molecule has 1 aromatic carbocycles. The average molecular weight is 266 g/mol. The summed E-state index contributed by atoms with van der Waals surface area (Å²) < 4.78 is 0. The van der Waals surface area contributed by atoms with Crippen LogP contribution in [0.15, 0.2) is 41.8 Å². The summed E-state index contributed by atoms with van der Waals surface area (Å²) in [5.74, 6) is -0.149. The van der Waals surface area contributed by atoms with Crippen LogP contribution >= 0.6 is 22.9 Å². The monoisotopic (exact) mass is 265 g/mol. The highest BCUT2D eigenvalue weighted by Crippen LogP contribution is 2.30. The van der Waals surface area contributed by atoms with Crippen LogP contribution in [0, 0.1) is 0 Å². The van der Waals surface area contributed by atoms with Gasteiger partial charge in [0.05, 0.1) is 9.90 Å². The van der Waals surface area contributed by atoms with Crippen LogP contribution < -0.4 is 5.73 Å². The molecule has 0 fully saturated rings. The number of rotatable bonds is 3. The summed E-state index contributed by atoms with van der Waals surface area (Å²) in [5.41, 5.74) is 5.88. The van der Waals surface area contributed by atoms with Gasteiger partial charge in [-0.05, 0) is 23.9 Å². The van der Waals surface area contributed by atoms with Gasteiger partial charge in [-0.3, -0.25) is 4.79 Å². The first-order chi connectivity index (χ1) is 8.03. The number of hydrogen-bond acceptors (Lipinski definition) is 3. The van der Waals surface area contributed by atoms with Crippen LogP contribution in [0.1, 0.15) is 22.2 Å². The van der Waals surface area contributed by atoms with Gasteiger partial charge >= 0.3 is 0 Å². The summed E-state index contributed by atoms with van der Waals surface area (Å²) in [7, 11) is 0. The van der Waals surface area contributed by atoms with Crippen LogP contribution in [0.2, 0.25) is 5.02 Å². The van der Waals surface area contributed by atoms with E-state index in [2.05, 4.69) is 0 Å². The van der Waals surface area contributed by atoms with E-state index in [0.29, 0.717) is 9.90 Å². The molecule has 4 heteroatoms. The largest absolute Gasteiger partial charge is 0.315 e. The third-order valence-corrected chi connectivity index (χ3v) is 4.01. The van der Waals surface area contributed by atoms with Crippen molar-refractivity contribution < 1.29 is 4.79 Å². The summed E-state index contributed by atoms with van der Waals surface area (Å²) >= 11 is 7.28. The first-order valence-corrected chi connectivity index (χ1v) is 6.41. The zero-order chi connectivity index (χ0) is 12.5. The minimum Gasteiger partial charge on any atom is -0.315 e. The minimum absolute atomic E-state index is 0.149. The number of thiophene rings is 1. The van der Waals surface area contributed by atoms with Crippen molar-refractivity contribution >= 4 is 28.7 Å². The Kier molecular flexibility index (Phi) is 3.33. The molecule has 88 valence electrons. The molecule has 2 aromatic rings. The lowest BCUT2D eigenvalue weighted by Crippen LogP contribution is -2.41. The molecule has 0 aliphatic rings. The molecule has 17 heavy (non-hydrogen) atoms. The van der Waals surface area contributed by atoms with Gasteiger partial charge in [-0.2, -0.15) is 0 Å². The van der Waals surface area contributed by atoms with Gasteiger partial charge in [0.15, 0.2) is 5.78 Å². The maximum Gasteiger partial charge on any atom is 0.198 e. The number of hydrogen-bond donors (Lipinski definition) is 1. The van der Waals surface area contributed by atoms with E-state index < -0.39 is 5.54 Å². The van der Waals surface area contributed by atoms with Gasteiger partial charge in [0.25, 0.3) is 0 Å². The zero-order valence-electron chi connectivity index (χ0n) is 9.31. The summed E-state index contributed by atoms with van der Waals surface area (Å²) in [5, 5.41) is 2.25. The highest BCUT2D eigenvalue weighted by molar-refractivity contribution is 7.12. The second kappa shape index (κ2) is 4.61. The molecule has 1 unspecified atom stereocenters. The van der Waals surface area contributed by atoms with E-state index >= 15 is 0 Å². The maximum absolute atomic E-state index is 12.3. The quantitative estimate of drug-likeness (QED) is 0.864. The van der Waals surface area contributed by atoms with Gasteiger partial charge in [0.1, 0.15) is 5.54 Å². The summed E-state index contributed by atoms with van der Waals surface area (Å²) in [6.07, 6.45) is 0. The van der Waals surface area contributed by atoms with E-state index in [4.69, 9.17) is 17.3 Å². The first-order valence-electron chi connectivity index (χ1n) is 5.15. The summed E-state index contributed by atoms with van der Waals surface area (Å²) in [6, 6.07) is 11.0. The van der Waals surface area contributed by atoms with Gasteiger partial charge in [0, 0.05) is 0 Å². The van der Waals surface area contributed by atoms with Gasteiger partial charge in [0.2, 0.25) is 0 Å². The van der Waals surface area contributed by atoms with Crippen LogP contribution in [-0.2, 0) is 5.54 Å². The molecule has 1 heterocycles. The molecule has 0 aliphatic carbocycles. The smallest absolute Gasteiger partial charge is 0.198 e. The van der Waals surface area contributed by atoms with Crippen LogP contribution in [-0.4, -0.2) is 5.78 Å². The topological polar surface area (TPSA) is 43.1 Å². The minimum atomic E-state index is -1.05. The molecule has 0 bridgehead atoms. The van der Waals surface area contributed by atoms with Gasteiger partial charge in [-0.1, -0.05) is 41.9 Å². The van der Waals surface area contributed by atoms with Crippen molar-refractivity contribution in [3.8, 4) is 0 Å². The van der Waals surface area contributed by atoms with Crippen molar-refractivity contribution in [3.63, 3.8) is 0 Å². The van der Waals surface area contributed by atoms with Crippen molar-refractivity contribution in [1.29, 1.82) is 0 Å². The van der Waals surface area contributed by atoms with E-state index in [-0.39, 0.29) is 5.78 Å². The fourth-order valence-corrected chi connectivity index (χ4v) is 2.80. The van der Waals surface area contributed by atoms with Gasteiger partial charge in [-0.15, -0.1) is 11.3 Å². The Morgan fingerprint density at radius 1 is 1.29 bits per heavy atom. The fourth-order valence-electron chi connectivity index (χ4n) is 1.61. The Bertz CT molecular complexity index is 533. The fraction of sp³-hybridized carbons (Fsp3) is 0.154. The Balaban J connectivity index is 2.40. The Morgan fingerprint density at radius 2 is 1.94 bits per heavy atom. The summed E-state index contributed by atoms with van der Waals surface area (Å²) in [6.45, 7) is 1.71. The number of carbonyl (C=O) groups excluding carboxylic acids is 1. The molecule has 1 atom stereocenters. The molecule has 1 aromatic heterocycles. The predicted molar refractivity (Wildman–Crippen MR) is 71.6 cm³/mol. The van der Waals surface area contributed by atoms with E-state index in [0.717, 1.165) is 5.56 Å². The number of nitrogens with two attached hydrogens (primary N) is 1. The number of Topliss-reactive ketones (excluding diaryl/α,β-unsaturated/α-hetero) is 1. The average Bonchev–Trinajstić information content (AvgIpc) is 2.75. The highest BCUT2D eigenvalue weighted by Gasteiger charge is 2.33. The van der Waals surface area contributed by atoms with E-state index in [1.165, 1.54) is 11.3 Å². The molecule has 0 spiro atoms. The van der Waals surface area contributed by atoms with Crippen LogP contribution in [0.3, 0.4) is 0 Å². The molecule has 0 aliphatic heterocycles.